The SMILES string of the molecule is Cc1cc(-c2nnc(SCC(=O)Nc3cc(F)c(C)c(F)c3F)n2C)no1. The quantitative estimate of drug-likeness (QED) is 0.526. The summed E-state index contributed by atoms with van der Waals surface area (Å²) in [6.45, 7) is 2.85. The molecule has 0 bridgehead atoms. The number of rotatable bonds is 5. The van der Waals surface area contributed by atoms with Crippen LogP contribution in [0.15, 0.2) is 21.8 Å². The number of carbonyl (C=O) groups excluding carboxylic acids is 1. The summed E-state index contributed by atoms with van der Waals surface area (Å²) in [5, 5.41) is 14.3. The van der Waals surface area contributed by atoms with Crippen molar-refractivity contribution in [3.8, 4) is 11.5 Å². The Morgan fingerprint density at radius 1 is 1.22 bits per heavy atom. The molecule has 7 nitrogen and oxygen atoms in total. The van der Waals surface area contributed by atoms with Crippen molar-refractivity contribution in [1.29, 1.82) is 0 Å². The molecule has 27 heavy (non-hydrogen) atoms. The van der Waals surface area contributed by atoms with E-state index >= 15 is 0 Å². The summed E-state index contributed by atoms with van der Waals surface area (Å²) in [6.07, 6.45) is 0. The molecule has 2 aromatic heterocycles. The fourth-order valence-corrected chi connectivity index (χ4v) is 2.94. The lowest BCUT2D eigenvalue weighted by Crippen LogP contribution is -2.16. The van der Waals surface area contributed by atoms with E-state index in [1.54, 1.807) is 24.6 Å². The van der Waals surface area contributed by atoms with Gasteiger partial charge in [0.2, 0.25) is 5.91 Å². The van der Waals surface area contributed by atoms with Crippen molar-refractivity contribution >= 4 is 23.4 Å². The Morgan fingerprint density at radius 2 is 1.96 bits per heavy atom. The number of nitrogens with zero attached hydrogens (tertiary/aromatic N) is 4. The van der Waals surface area contributed by atoms with Gasteiger partial charge in [-0.1, -0.05) is 16.9 Å². The minimum Gasteiger partial charge on any atom is -0.361 e. The number of nitrogens with one attached hydrogen (secondary N) is 1. The third-order valence-electron chi connectivity index (χ3n) is 3.69. The molecule has 0 aliphatic heterocycles. The zero-order chi connectivity index (χ0) is 19.7. The molecule has 0 saturated carbocycles. The molecule has 0 unspecified atom stereocenters. The molecule has 0 atom stereocenters. The third-order valence-corrected chi connectivity index (χ3v) is 4.71. The molecular formula is C16H14F3N5O2S. The first-order valence-corrected chi connectivity index (χ1v) is 8.66. The summed E-state index contributed by atoms with van der Waals surface area (Å²) in [5.74, 6) is -3.35. The molecule has 0 aliphatic rings. The number of aromatic nitrogens is 4. The van der Waals surface area contributed by atoms with Gasteiger partial charge in [0.25, 0.3) is 0 Å². The highest BCUT2D eigenvalue weighted by Crippen LogP contribution is 2.25. The van der Waals surface area contributed by atoms with Gasteiger partial charge in [0.05, 0.1) is 11.4 Å². The van der Waals surface area contributed by atoms with Gasteiger partial charge in [0, 0.05) is 24.7 Å². The van der Waals surface area contributed by atoms with Gasteiger partial charge < -0.3 is 14.4 Å². The predicted octanol–water partition coefficient (Wildman–Crippen LogP) is 3.24. The van der Waals surface area contributed by atoms with Crippen LogP contribution in [0, 0.1) is 31.3 Å². The fraction of sp³-hybridized carbons (Fsp3) is 0.250. The number of benzene rings is 1. The monoisotopic (exact) mass is 397 g/mol. The van der Waals surface area contributed by atoms with Gasteiger partial charge in [-0.25, -0.2) is 13.2 Å². The molecule has 3 aromatic rings. The molecule has 0 saturated heterocycles. The van der Waals surface area contributed by atoms with E-state index in [0.29, 0.717) is 22.4 Å². The predicted molar refractivity (Wildman–Crippen MR) is 91.6 cm³/mol. The van der Waals surface area contributed by atoms with Crippen LogP contribution in [0.25, 0.3) is 11.5 Å². The van der Waals surface area contributed by atoms with Crippen LogP contribution in [0.1, 0.15) is 11.3 Å². The lowest BCUT2D eigenvalue weighted by atomic mass is 10.2. The normalized spacial score (nSPS) is 11.0. The van der Waals surface area contributed by atoms with Crippen molar-refractivity contribution < 1.29 is 22.5 Å². The van der Waals surface area contributed by atoms with E-state index in [1.807, 2.05) is 0 Å². The minimum absolute atomic E-state index is 0.166. The Morgan fingerprint density at radius 3 is 2.63 bits per heavy atom. The highest BCUT2D eigenvalue weighted by atomic mass is 32.2. The lowest BCUT2D eigenvalue weighted by Gasteiger charge is -2.09. The van der Waals surface area contributed by atoms with Crippen molar-refractivity contribution in [2.24, 2.45) is 7.05 Å². The topological polar surface area (TPSA) is 85.8 Å². The average molecular weight is 397 g/mol. The zero-order valence-electron chi connectivity index (χ0n) is 14.5. The van der Waals surface area contributed by atoms with E-state index in [4.69, 9.17) is 4.52 Å². The molecular weight excluding hydrogens is 383 g/mol. The van der Waals surface area contributed by atoms with Gasteiger partial charge in [-0.3, -0.25) is 4.79 Å². The number of amides is 1. The van der Waals surface area contributed by atoms with Gasteiger partial charge in [0.1, 0.15) is 11.6 Å². The van der Waals surface area contributed by atoms with Crippen molar-refractivity contribution in [2.75, 3.05) is 11.1 Å². The van der Waals surface area contributed by atoms with Crippen LogP contribution >= 0.6 is 11.8 Å². The van der Waals surface area contributed by atoms with Crippen molar-refractivity contribution in [2.45, 2.75) is 19.0 Å². The molecule has 1 amide bonds. The first-order chi connectivity index (χ1) is 12.8. The molecule has 0 fully saturated rings. The van der Waals surface area contributed by atoms with E-state index in [9.17, 15) is 18.0 Å². The van der Waals surface area contributed by atoms with Crippen LogP contribution < -0.4 is 5.32 Å². The van der Waals surface area contributed by atoms with Crippen LogP contribution in [-0.4, -0.2) is 31.6 Å². The number of anilines is 1. The highest BCUT2D eigenvalue weighted by Gasteiger charge is 2.19. The maximum absolute atomic E-state index is 13.8. The fourth-order valence-electron chi connectivity index (χ4n) is 2.23. The zero-order valence-corrected chi connectivity index (χ0v) is 15.3. The van der Waals surface area contributed by atoms with Gasteiger partial charge in [-0.15, -0.1) is 10.2 Å². The molecule has 0 radical (unpaired) electrons. The number of hydrogen-bond acceptors (Lipinski definition) is 6. The summed E-state index contributed by atoms with van der Waals surface area (Å²) in [7, 11) is 1.68. The smallest absolute Gasteiger partial charge is 0.234 e. The van der Waals surface area contributed by atoms with Crippen molar-refractivity contribution in [3.05, 3.63) is 40.9 Å². The number of thioether (sulfide) groups is 1. The van der Waals surface area contributed by atoms with E-state index in [0.717, 1.165) is 24.8 Å². The summed E-state index contributed by atoms with van der Waals surface area (Å²) in [4.78, 5) is 12.0. The van der Waals surface area contributed by atoms with Gasteiger partial charge >= 0.3 is 0 Å². The maximum atomic E-state index is 13.8. The largest absolute Gasteiger partial charge is 0.361 e. The molecule has 1 aromatic carbocycles. The molecule has 3 rings (SSSR count). The van der Waals surface area contributed by atoms with Gasteiger partial charge in [0.15, 0.2) is 28.3 Å². The molecule has 0 aliphatic carbocycles. The summed E-state index contributed by atoms with van der Waals surface area (Å²) in [5.41, 5.74) is -0.515. The van der Waals surface area contributed by atoms with Crippen LogP contribution in [-0.2, 0) is 11.8 Å². The number of hydrogen-bond donors (Lipinski definition) is 1. The molecule has 0 spiro atoms. The van der Waals surface area contributed by atoms with Crippen LogP contribution in [0.4, 0.5) is 18.9 Å². The summed E-state index contributed by atoms with van der Waals surface area (Å²) < 4.78 is 47.5. The van der Waals surface area contributed by atoms with Crippen molar-refractivity contribution in [3.63, 3.8) is 0 Å². The maximum Gasteiger partial charge on any atom is 0.234 e. The standard InChI is InChI=1S/C16H14F3N5O2S/c1-7-4-11(23-26-7)15-21-22-16(24(15)3)27-6-12(25)20-10-5-9(17)8(2)13(18)14(10)19/h4-5H,6H2,1-3H3,(H,20,25). The first kappa shape index (κ1) is 19.0. The molecule has 11 heteroatoms. The van der Waals surface area contributed by atoms with E-state index < -0.39 is 34.6 Å². The van der Waals surface area contributed by atoms with E-state index in [1.165, 1.54) is 0 Å². The first-order valence-electron chi connectivity index (χ1n) is 7.67. The molecule has 2 heterocycles. The second-order valence-corrected chi connectivity index (χ2v) is 6.63. The van der Waals surface area contributed by atoms with Crippen molar-refractivity contribution in [1.82, 2.24) is 19.9 Å². The van der Waals surface area contributed by atoms with Gasteiger partial charge in [-0.2, -0.15) is 0 Å². The van der Waals surface area contributed by atoms with E-state index in [-0.39, 0.29) is 5.75 Å². The Labute approximate surface area is 155 Å². The molecule has 1 N–H and O–H groups in total. The number of aryl methyl sites for hydroxylation is 1. The third kappa shape index (κ3) is 3.82. The second kappa shape index (κ2) is 7.43. The average Bonchev–Trinajstić information content (AvgIpc) is 3.21. The Kier molecular flexibility index (Phi) is 5.22. The Balaban J connectivity index is 1.68. The van der Waals surface area contributed by atoms with Crippen LogP contribution in [0.2, 0.25) is 0 Å². The lowest BCUT2D eigenvalue weighted by molar-refractivity contribution is -0.113. The van der Waals surface area contributed by atoms with Gasteiger partial charge in [-0.05, 0) is 13.8 Å². The molecule has 142 valence electrons. The summed E-state index contributed by atoms with van der Waals surface area (Å²) in [6, 6.07) is 2.43. The minimum atomic E-state index is -1.33. The Hall–Kier alpha value is -2.82. The Bertz CT molecular complexity index is 1020. The van der Waals surface area contributed by atoms with Crippen LogP contribution in [0.3, 0.4) is 0 Å². The highest BCUT2D eigenvalue weighted by molar-refractivity contribution is 7.99. The van der Waals surface area contributed by atoms with E-state index in [2.05, 4.69) is 20.7 Å². The summed E-state index contributed by atoms with van der Waals surface area (Å²) >= 11 is 1.02. The number of carbonyl (C=O) groups is 1. The second-order valence-electron chi connectivity index (χ2n) is 5.68. The number of halogens is 3. The van der Waals surface area contributed by atoms with Crippen LogP contribution in [0.5, 0.6) is 0 Å².